The van der Waals surface area contributed by atoms with Crippen molar-refractivity contribution in [1.29, 1.82) is 0 Å². The molecule has 0 spiro atoms. The highest BCUT2D eigenvalue weighted by atomic mass is 32.1. The van der Waals surface area contributed by atoms with Gasteiger partial charge in [0.1, 0.15) is 11.5 Å². The third-order valence-corrected chi connectivity index (χ3v) is 4.55. The van der Waals surface area contributed by atoms with Crippen molar-refractivity contribution in [2.24, 2.45) is 0 Å². The van der Waals surface area contributed by atoms with E-state index in [0.29, 0.717) is 0 Å². The molecule has 1 aromatic carbocycles. The number of benzene rings is 1. The van der Waals surface area contributed by atoms with Crippen LogP contribution in [0.15, 0.2) is 29.6 Å². The van der Waals surface area contributed by atoms with E-state index in [9.17, 15) is 0 Å². The lowest BCUT2D eigenvalue weighted by molar-refractivity contribution is 0.357. The lowest BCUT2D eigenvalue weighted by atomic mass is 10.0. The molecule has 1 unspecified atom stereocenters. The fraction of sp³-hybridized carbons (Fsp3) is 0.375. The van der Waals surface area contributed by atoms with E-state index in [1.165, 1.54) is 16.0 Å². The van der Waals surface area contributed by atoms with E-state index in [1.54, 1.807) is 18.4 Å². The Morgan fingerprint density at radius 2 is 2.30 bits per heavy atom. The Morgan fingerprint density at radius 1 is 1.40 bits per heavy atom. The Kier molecular flexibility index (Phi) is 3.94. The number of nitrogens with one attached hydrogen (secondary N) is 1. The van der Waals surface area contributed by atoms with Crippen LogP contribution in [0.4, 0.5) is 0 Å². The summed E-state index contributed by atoms with van der Waals surface area (Å²) in [6, 6.07) is 8.85. The average molecular weight is 289 g/mol. The molecule has 0 saturated carbocycles. The van der Waals surface area contributed by atoms with Crippen LogP contribution in [0.3, 0.4) is 0 Å². The molecular weight excluding hydrogens is 270 g/mol. The molecule has 4 heteroatoms. The molecule has 1 atom stereocenters. The van der Waals surface area contributed by atoms with Crippen LogP contribution in [0.2, 0.25) is 0 Å². The number of ether oxygens (including phenoxy) is 2. The van der Waals surface area contributed by atoms with Crippen LogP contribution in [0.1, 0.15) is 29.0 Å². The van der Waals surface area contributed by atoms with E-state index in [2.05, 4.69) is 41.9 Å². The van der Waals surface area contributed by atoms with Crippen LogP contribution in [0, 0.1) is 0 Å². The molecule has 0 aliphatic carbocycles. The molecule has 0 radical (unpaired) electrons. The second-order valence-corrected chi connectivity index (χ2v) is 5.79. The van der Waals surface area contributed by atoms with Gasteiger partial charge in [0.2, 0.25) is 0 Å². The minimum Gasteiger partial charge on any atom is -0.496 e. The molecule has 1 aliphatic rings. The summed E-state index contributed by atoms with van der Waals surface area (Å²) in [6.45, 7) is 3.87. The SMILES string of the molecule is CCNC(c1ccc2c(c1)CCO2)c1cc(OC)cs1. The lowest BCUT2D eigenvalue weighted by Crippen LogP contribution is -2.21. The summed E-state index contributed by atoms with van der Waals surface area (Å²) in [5.41, 5.74) is 2.61. The van der Waals surface area contributed by atoms with E-state index in [0.717, 1.165) is 31.1 Å². The molecule has 0 amide bonds. The molecule has 2 aromatic rings. The molecule has 0 saturated heterocycles. The molecule has 0 fully saturated rings. The summed E-state index contributed by atoms with van der Waals surface area (Å²) < 4.78 is 10.9. The summed E-state index contributed by atoms with van der Waals surface area (Å²) >= 11 is 1.73. The number of hydrogen-bond acceptors (Lipinski definition) is 4. The first-order valence-corrected chi connectivity index (χ1v) is 7.81. The zero-order valence-corrected chi connectivity index (χ0v) is 12.6. The van der Waals surface area contributed by atoms with E-state index in [1.807, 2.05) is 0 Å². The zero-order chi connectivity index (χ0) is 13.9. The fourth-order valence-corrected chi connectivity index (χ4v) is 3.52. The fourth-order valence-electron chi connectivity index (χ4n) is 2.57. The van der Waals surface area contributed by atoms with Crippen LogP contribution < -0.4 is 14.8 Å². The Labute approximate surface area is 123 Å². The predicted octanol–water partition coefficient (Wildman–Crippen LogP) is 3.39. The monoisotopic (exact) mass is 289 g/mol. The molecule has 20 heavy (non-hydrogen) atoms. The largest absolute Gasteiger partial charge is 0.496 e. The highest BCUT2D eigenvalue weighted by Gasteiger charge is 2.19. The average Bonchev–Trinajstić information content (AvgIpc) is 3.12. The van der Waals surface area contributed by atoms with Gasteiger partial charge >= 0.3 is 0 Å². The molecule has 1 aliphatic heterocycles. The minimum atomic E-state index is 0.222. The Morgan fingerprint density at radius 3 is 3.05 bits per heavy atom. The predicted molar refractivity (Wildman–Crippen MR) is 82.0 cm³/mol. The first-order chi connectivity index (χ1) is 9.81. The minimum absolute atomic E-state index is 0.222. The molecule has 0 bridgehead atoms. The maximum Gasteiger partial charge on any atom is 0.129 e. The normalized spacial score (nSPS) is 14.7. The highest BCUT2D eigenvalue weighted by Crippen LogP contribution is 2.34. The third kappa shape index (κ3) is 2.53. The first kappa shape index (κ1) is 13.5. The topological polar surface area (TPSA) is 30.5 Å². The molecule has 1 aromatic heterocycles. The van der Waals surface area contributed by atoms with Gasteiger partial charge in [-0.2, -0.15) is 0 Å². The quantitative estimate of drug-likeness (QED) is 0.915. The number of thiophene rings is 1. The van der Waals surface area contributed by atoms with Crippen molar-refractivity contribution in [3.05, 3.63) is 45.6 Å². The van der Waals surface area contributed by atoms with Crippen molar-refractivity contribution in [2.75, 3.05) is 20.3 Å². The summed E-state index contributed by atoms with van der Waals surface area (Å²) in [5.74, 6) is 1.96. The maximum absolute atomic E-state index is 5.58. The number of rotatable bonds is 5. The zero-order valence-electron chi connectivity index (χ0n) is 11.8. The van der Waals surface area contributed by atoms with Gasteiger partial charge in [0.15, 0.2) is 0 Å². The van der Waals surface area contributed by atoms with Gasteiger partial charge < -0.3 is 14.8 Å². The molecule has 1 N–H and O–H groups in total. The van der Waals surface area contributed by atoms with Crippen molar-refractivity contribution >= 4 is 11.3 Å². The summed E-state index contributed by atoms with van der Waals surface area (Å²) in [7, 11) is 1.71. The van der Waals surface area contributed by atoms with Gasteiger partial charge in [-0.1, -0.05) is 19.1 Å². The number of fused-ring (bicyclic) bond motifs is 1. The molecule has 2 heterocycles. The maximum atomic E-state index is 5.58. The summed E-state index contributed by atoms with van der Waals surface area (Å²) in [4.78, 5) is 1.28. The molecule has 106 valence electrons. The van der Waals surface area contributed by atoms with Gasteiger partial charge in [-0.3, -0.25) is 0 Å². The van der Waals surface area contributed by atoms with Crippen molar-refractivity contribution in [1.82, 2.24) is 5.32 Å². The standard InChI is InChI=1S/C16H19NO2S/c1-3-17-16(15-9-13(18-2)10-20-15)12-4-5-14-11(8-12)6-7-19-14/h4-5,8-10,16-17H,3,6-7H2,1-2H3. The van der Waals surface area contributed by atoms with Crippen LogP contribution in [-0.4, -0.2) is 20.3 Å². The molecular formula is C16H19NO2S. The highest BCUT2D eigenvalue weighted by molar-refractivity contribution is 7.10. The summed E-state index contributed by atoms with van der Waals surface area (Å²) in [5, 5.41) is 5.61. The molecule has 3 nitrogen and oxygen atoms in total. The third-order valence-electron chi connectivity index (χ3n) is 3.57. The van der Waals surface area contributed by atoms with Crippen molar-refractivity contribution in [3.8, 4) is 11.5 Å². The van der Waals surface area contributed by atoms with Gasteiger partial charge in [-0.25, -0.2) is 0 Å². The number of hydrogen-bond donors (Lipinski definition) is 1. The van der Waals surface area contributed by atoms with Crippen molar-refractivity contribution in [2.45, 2.75) is 19.4 Å². The van der Waals surface area contributed by atoms with Crippen LogP contribution in [0.25, 0.3) is 0 Å². The first-order valence-electron chi connectivity index (χ1n) is 6.93. The van der Waals surface area contributed by atoms with Crippen LogP contribution >= 0.6 is 11.3 Å². The second kappa shape index (κ2) is 5.85. The van der Waals surface area contributed by atoms with Crippen LogP contribution in [0.5, 0.6) is 11.5 Å². The van der Waals surface area contributed by atoms with E-state index >= 15 is 0 Å². The van der Waals surface area contributed by atoms with Gasteiger partial charge in [0, 0.05) is 16.7 Å². The van der Waals surface area contributed by atoms with E-state index in [-0.39, 0.29) is 6.04 Å². The van der Waals surface area contributed by atoms with E-state index in [4.69, 9.17) is 9.47 Å². The van der Waals surface area contributed by atoms with E-state index < -0.39 is 0 Å². The van der Waals surface area contributed by atoms with Crippen LogP contribution in [-0.2, 0) is 6.42 Å². The second-order valence-electron chi connectivity index (χ2n) is 4.85. The molecule has 3 rings (SSSR count). The van der Waals surface area contributed by atoms with Crippen molar-refractivity contribution < 1.29 is 9.47 Å². The Hall–Kier alpha value is -1.52. The number of methoxy groups -OCH3 is 1. The van der Waals surface area contributed by atoms with Gasteiger partial charge in [0.05, 0.1) is 19.8 Å². The van der Waals surface area contributed by atoms with Crippen molar-refractivity contribution in [3.63, 3.8) is 0 Å². The Bertz CT molecular complexity index is 594. The lowest BCUT2D eigenvalue weighted by Gasteiger charge is -2.17. The van der Waals surface area contributed by atoms with Gasteiger partial charge in [-0.15, -0.1) is 11.3 Å². The summed E-state index contributed by atoms with van der Waals surface area (Å²) in [6.07, 6.45) is 1.01. The Balaban J connectivity index is 1.93. The van der Waals surface area contributed by atoms with Gasteiger partial charge in [0.25, 0.3) is 0 Å². The van der Waals surface area contributed by atoms with Gasteiger partial charge in [-0.05, 0) is 29.8 Å². The smallest absolute Gasteiger partial charge is 0.129 e.